The van der Waals surface area contributed by atoms with Crippen LogP contribution in [0.1, 0.15) is 24.8 Å². The van der Waals surface area contributed by atoms with Gasteiger partial charge in [0.25, 0.3) is 0 Å². The third-order valence-electron chi connectivity index (χ3n) is 4.72. The topological polar surface area (TPSA) is 52.6 Å². The zero-order chi connectivity index (χ0) is 18.7. The molecule has 2 heterocycles. The third kappa shape index (κ3) is 5.84. The molecular weight excluding hydrogens is 334 g/mol. The molecule has 1 aromatic heterocycles. The Morgan fingerprint density at radius 1 is 1.07 bits per heavy atom. The number of anilines is 1. The summed E-state index contributed by atoms with van der Waals surface area (Å²) in [5, 5.41) is 6.84. The SMILES string of the molecule is CN=C(NCCCCNc1ccccn1)N1CC=C(c2ccccc2)CC1. The van der Waals surface area contributed by atoms with Crippen molar-refractivity contribution < 1.29 is 0 Å². The number of nitrogens with zero attached hydrogens (tertiary/aromatic N) is 3. The van der Waals surface area contributed by atoms with E-state index in [1.165, 1.54) is 11.1 Å². The van der Waals surface area contributed by atoms with Crippen LogP contribution >= 0.6 is 0 Å². The summed E-state index contributed by atoms with van der Waals surface area (Å²) in [5.74, 6) is 1.94. The van der Waals surface area contributed by atoms with Crippen LogP contribution < -0.4 is 10.6 Å². The van der Waals surface area contributed by atoms with Gasteiger partial charge >= 0.3 is 0 Å². The highest BCUT2D eigenvalue weighted by Crippen LogP contribution is 2.21. The minimum Gasteiger partial charge on any atom is -0.370 e. The largest absolute Gasteiger partial charge is 0.370 e. The van der Waals surface area contributed by atoms with Gasteiger partial charge in [-0.15, -0.1) is 0 Å². The number of rotatable bonds is 7. The molecule has 142 valence electrons. The van der Waals surface area contributed by atoms with Crippen LogP contribution in [0.4, 0.5) is 5.82 Å². The van der Waals surface area contributed by atoms with Crippen molar-refractivity contribution in [3.05, 3.63) is 66.4 Å². The van der Waals surface area contributed by atoms with Crippen molar-refractivity contribution in [3.63, 3.8) is 0 Å². The van der Waals surface area contributed by atoms with E-state index in [9.17, 15) is 0 Å². The van der Waals surface area contributed by atoms with Gasteiger partial charge in [-0.2, -0.15) is 0 Å². The summed E-state index contributed by atoms with van der Waals surface area (Å²) in [6, 6.07) is 16.6. The van der Waals surface area contributed by atoms with Gasteiger partial charge in [-0.25, -0.2) is 4.98 Å². The van der Waals surface area contributed by atoms with Crippen LogP contribution in [-0.2, 0) is 0 Å². The highest BCUT2D eigenvalue weighted by atomic mass is 15.3. The van der Waals surface area contributed by atoms with E-state index >= 15 is 0 Å². The standard InChI is InChI=1S/C22H29N5/c1-23-22(26-16-8-7-15-25-21-11-5-6-14-24-21)27-17-12-20(13-18-27)19-9-3-2-4-10-19/h2-6,9-12,14H,7-8,13,15-18H2,1H3,(H,23,26)(H,24,25). The highest BCUT2D eigenvalue weighted by molar-refractivity contribution is 5.81. The minimum atomic E-state index is 0.908. The lowest BCUT2D eigenvalue weighted by Gasteiger charge is -2.29. The van der Waals surface area contributed by atoms with Crippen LogP contribution in [0.5, 0.6) is 0 Å². The lowest BCUT2D eigenvalue weighted by Crippen LogP contribution is -2.43. The molecule has 0 spiro atoms. The molecule has 0 radical (unpaired) electrons. The van der Waals surface area contributed by atoms with Crippen LogP contribution in [0.25, 0.3) is 5.57 Å². The number of nitrogens with one attached hydrogen (secondary N) is 2. The lowest BCUT2D eigenvalue weighted by molar-refractivity contribution is 0.439. The Balaban J connectivity index is 1.37. The number of aromatic nitrogens is 1. The van der Waals surface area contributed by atoms with Gasteiger partial charge in [-0.3, -0.25) is 4.99 Å². The number of aliphatic imine (C=N–C) groups is 1. The molecule has 5 nitrogen and oxygen atoms in total. The van der Waals surface area contributed by atoms with E-state index in [4.69, 9.17) is 0 Å². The first-order valence-electron chi connectivity index (χ1n) is 9.72. The molecule has 0 atom stereocenters. The van der Waals surface area contributed by atoms with Crippen molar-refractivity contribution in [2.24, 2.45) is 4.99 Å². The van der Waals surface area contributed by atoms with Crippen molar-refractivity contribution >= 4 is 17.4 Å². The summed E-state index contributed by atoms with van der Waals surface area (Å²) in [5.41, 5.74) is 2.77. The van der Waals surface area contributed by atoms with E-state index in [1.807, 2.05) is 31.4 Å². The van der Waals surface area contributed by atoms with Crippen LogP contribution in [0.2, 0.25) is 0 Å². The maximum absolute atomic E-state index is 4.45. The smallest absolute Gasteiger partial charge is 0.193 e. The fourth-order valence-electron chi connectivity index (χ4n) is 3.24. The average molecular weight is 364 g/mol. The van der Waals surface area contributed by atoms with Gasteiger partial charge in [-0.1, -0.05) is 42.5 Å². The van der Waals surface area contributed by atoms with Crippen LogP contribution in [0, 0.1) is 0 Å². The first-order valence-corrected chi connectivity index (χ1v) is 9.72. The lowest BCUT2D eigenvalue weighted by atomic mass is 10.00. The minimum absolute atomic E-state index is 0.908. The Labute approximate surface area is 162 Å². The molecule has 1 aliphatic heterocycles. The van der Waals surface area contributed by atoms with Crippen molar-refractivity contribution in [1.29, 1.82) is 0 Å². The van der Waals surface area contributed by atoms with Crippen LogP contribution in [-0.4, -0.2) is 49.1 Å². The summed E-state index contributed by atoms with van der Waals surface area (Å²) < 4.78 is 0. The predicted molar refractivity (Wildman–Crippen MR) is 114 cm³/mol. The molecule has 0 saturated carbocycles. The highest BCUT2D eigenvalue weighted by Gasteiger charge is 2.15. The molecule has 1 aromatic carbocycles. The molecule has 5 heteroatoms. The number of guanidine groups is 1. The first-order chi connectivity index (χ1) is 13.4. The molecule has 27 heavy (non-hydrogen) atoms. The van der Waals surface area contributed by atoms with Gasteiger partial charge in [0.05, 0.1) is 0 Å². The summed E-state index contributed by atoms with van der Waals surface area (Å²) in [6.07, 6.45) is 7.38. The summed E-state index contributed by atoms with van der Waals surface area (Å²) in [6.45, 7) is 3.78. The quantitative estimate of drug-likeness (QED) is 0.448. The molecule has 0 fully saturated rings. The van der Waals surface area contributed by atoms with Gasteiger partial charge in [0.1, 0.15) is 5.82 Å². The second-order valence-corrected chi connectivity index (χ2v) is 6.61. The van der Waals surface area contributed by atoms with Gasteiger partial charge < -0.3 is 15.5 Å². The molecule has 0 amide bonds. The van der Waals surface area contributed by atoms with Crippen molar-refractivity contribution in [3.8, 4) is 0 Å². The average Bonchev–Trinajstić information content (AvgIpc) is 2.75. The number of pyridine rings is 1. The molecule has 0 aliphatic carbocycles. The Bertz CT molecular complexity index is 740. The first kappa shape index (κ1) is 19.0. The Morgan fingerprint density at radius 2 is 1.89 bits per heavy atom. The van der Waals surface area contributed by atoms with E-state index in [-0.39, 0.29) is 0 Å². The van der Waals surface area contributed by atoms with Crippen LogP contribution in [0.15, 0.2) is 65.8 Å². The molecule has 0 bridgehead atoms. The third-order valence-corrected chi connectivity index (χ3v) is 4.72. The van der Waals surface area contributed by atoms with Gasteiger partial charge in [0, 0.05) is 39.4 Å². The molecular formula is C22H29N5. The fourth-order valence-corrected chi connectivity index (χ4v) is 3.24. The monoisotopic (exact) mass is 363 g/mol. The second kappa shape index (κ2) is 10.4. The zero-order valence-electron chi connectivity index (χ0n) is 16.1. The maximum Gasteiger partial charge on any atom is 0.193 e. The number of benzene rings is 1. The van der Waals surface area contributed by atoms with E-state index in [2.05, 4.69) is 61.9 Å². The van der Waals surface area contributed by atoms with Crippen molar-refractivity contribution in [2.75, 3.05) is 38.5 Å². The number of unbranched alkanes of at least 4 members (excludes halogenated alkanes) is 1. The number of hydrogen-bond acceptors (Lipinski definition) is 3. The maximum atomic E-state index is 4.45. The van der Waals surface area contributed by atoms with E-state index in [0.29, 0.717) is 0 Å². The molecule has 2 N–H and O–H groups in total. The summed E-state index contributed by atoms with van der Waals surface area (Å²) >= 11 is 0. The second-order valence-electron chi connectivity index (χ2n) is 6.61. The number of hydrogen-bond donors (Lipinski definition) is 2. The van der Waals surface area contributed by atoms with Gasteiger partial charge in [0.2, 0.25) is 0 Å². The Hall–Kier alpha value is -2.82. The van der Waals surface area contributed by atoms with Crippen molar-refractivity contribution in [2.45, 2.75) is 19.3 Å². The zero-order valence-corrected chi connectivity index (χ0v) is 16.1. The molecule has 3 rings (SSSR count). The van der Waals surface area contributed by atoms with E-state index in [1.54, 1.807) is 0 Å². The van der Waals surface area contributed by atoms with Gasteiger partial charge in [-0.05, 0) is 42.5 Å². The molecule has 0 saturated heterocycles. The summed E-state index contributed by atoms with van der Waals surface area (Å²) in [4.78, 5) is 11.0. The molecule has 2 aromatic rings. The van der Waals surface area contributed by atoms with Gasteiger partial charge in [0.15, 0.2) is 5.96 Å². The summed E-state index contributed by atoms with van der Waals surface area (Å²) in [7, 11) is 1.86. The fraction of sp³-hybridized carbons (Fsp3) is 0.364. The predicted octanol–water partition coefficient (Wildman–Crippen LogP) is 3.64. The normalized spacial score (nSPS) is 14.6. The van der Waals surface area contributed by atoms with E-state index in [0.717, 1.165) is 57.2 Å². The van der Waals surface area contributed by atoms with Crippen LogP contribution in [0.3, 0.4) is 0 Å². The van der Waals surface area contributed by atoms with E-state index < -0.39 is 0 Å². The molecule has 0 unspecified atom stereocenters. The van der Waals surface area contributed by atoms with Crippen molar-refractivity contribution in [1.82, 2.24) is 15.2 Å². The Kier molecular flexibility index (Phi) is 7.27. The molecule has 1 aliphatic rings. The Morgan fingerprint density at radius 3 is 2.59 bits per heavy atom.